The number of aromatic nitrogens is 4. The first-order valence-corrected chi connectivity index (χ1v) is 45.8. The van der Waals surface area contributed by atoms with E-state index < -0.39 is 6.37 Å². The van der Waals surface area contributed by atoms with Gasteiger partial charge in [0.05, 0.1) is 0 Å². The van der Waals surface area contributed by atoms with Gasteiger partial charge in [-0.15, -0.1) is 0 Å². The predicted molar refractivity (Wildman–Crippen MR) is 487 cm³/mol. The van der Waals surface area contributed by atoms with Crippen molar-refractivity contribution in [2.24, 2.45) is 98.2 Å². The highest BCUT2D eigenvalue weighted by Crippen LogP contribution is 2.63. The lowest BCUT2D eigenvalue weighted by atomic mass is 9.48. The van der Waals surface area contributed by atoms with Gasteiger partial charge in [-0.2, -0.15) is 0 Å². The molecule has 0 amide bonds. The first-order valence-electron chi connectivity index (χ1n) is 47.3. The summed E-state index contributed by atoms with van der Waals surface area (Å²) in [7, 11) is 8.47. The highest BCUT2D eigenvalue weighted by Gasteiger charge is 2.52. The van der Waals surface area contributed by atoms with Gasteiger partial charge in [-0.25, -0.2) is 18.3 Å². The van der Waals surface area contributed by atoms with Crippen molar-refractivity contribution < 1.29 is 22.4 Å². The summed E-state index contributed by atoms with van der Waals surface area (Å²) >= 11 is 0. The number of rotatable bonds is 14. The van der Waals surface area contributed by atoms with Crippen LogP contribution in [0.5, 0.6) is 0 Å². The largest absolute Gasteiger partial charge is 0.213 e. The van der Waals surface area contributed by atoms with E-state index in [2.05, 4.69) is 342 Å². The lowest BCUT2D eigenvalue weighted by Crippen LogP contribution is -2.47. The minimum absolute atomic E-state index is 0.151. The fourth-order valence-corrected chi connectivity index (χ4v) is 25.9. The average molecular weight is 1560 g/mol. The van der Waals surface area contributed by atoms with Crippen molar-refractivity contribution in [1.82, 2.24) is 0 Å². The quantitative estimate of drug-likeness (QED) is 0.0965. The fraction of sp³-hybridized carbons (Fsp3) is 0.404. The molecule has 2 unspecified atom stereocenters. The molecule has 118 heavy (non-hydrogen) atoms. The highest BCUT2D eigenvalue weighted by molar-refractivity contribution is 5.74. The van der Waals surface area contributed by atoms with Crippen LogP contribution in [-0.4, -0.2) is 0 Å². The maximum absolute atomic E-state index is 9.28. The van der Waals surface area contributed by atoms with Crippen LogP contribution in [0.15, 0.2) is 267 Å². The van der Waals surface area contributed by atoms with E-state index in [0.29, 0.717) is 5.41 Å². The molecule has 600 valence electrons. The number of hydrogen-bond donors (Lipinski definition) is 0. The van der Waals surface area contributed by atoms with Crippen molar-refractivity contribution >= 4 is 0 Å². The summed E-state index contributed by atoms with van der Waals surface area (Å²) in [4.78, 5) is 0. The summed E-state index contributed by atoms with van der Waals surface area (Å²) in [6.45, 7) is 8.71. The minimum Gasteiger partial charge on any atom is -0.201 e. The SMILES string of the molecule is Cc1ccccc1-c1cc(-c2ccc(C3C[C@H]4CCC[C@H]4C3)cc2)cc[n+]1C.Cc1ccccc1-c1cc(-c2ccc(CC34CC5CC(CC(C5)C3)C4)cc2)cc[n+]1C.[2H]C([2H])(c1ccc(-c2cc[n+](C)c(-c3ccccc3C)c2)cc1)C12CC3CC(CC(C3)C1)C2.[2H]C1(c2ccc(-c3cc[n+](C)c(-c4ccccc4C)c3)cc2)C[C@H]2CCC[C@H]2C1. The Kier molecular flexibility index (Phi) is 21.2. The molecule has 8 bridgehead atoms. The monoisotopic (exact) mass is 1560 g/mol. The molecular formula is C114H128N4+4. The van der Waals surface area contributed by atoms with E-state index >= 15 is 0 Å². The maximum Gasteiger partial charge on any atom is 0.213 e. The van der Waals surface area contributed by atoms with Crippen molar-refractivity contribution in [3.05, 3.63) is 312 Å². The van der Waals surface area contributed by atoms with Crippen LogP contribution in [0.4, 0.5) is 0 Å². The van der Waals surface area contributed by atoms with Gasteiger partial charge >= 0.3 is 0 Å². The Morgan fingerprint density at radius 1 is 0.297 bits per heavy atom. The molecule has 24 rings (SSSR count). The topological polar surface area (TPSA) is 15.5 Å². The van der Waals surface area contributed by atoms with Gasteiger partial charge in [-0.05, 0) is 338 Å². The third-order valence-electron chi connectivity index (χ3n) is 31.1. The van der Waals surface area contributed by atoms with Gasteiger partial charge < -0.3 is 0 Å². The van der Waals surface area contributed by atoms with Crippen LogP contribution < -0.4 is 18.3 Å². The number of nitrogens with zero attached hydrogens (tertiary/aromatic N) is 4. The standard InChI is InChI=1S/2C30H34N.2C27H30N/c2*1-21-5-3-4-6-28(21)29-16-27(11-12-31(29)2)26-9-7-22(8-10-26)17-30-18-23-13-24(19-30)15-25(14-23)20-30;2*1-19-6-3-4-9-26(19)27-18-24(14-15-28(27)2)20-10-12-21(13-11-20)25-16-22-7-5-8-23(22)17-25/h2*3-12,16,23-25H,13-15,17-20H2,1-2H3;2*3-4,6,9-15,18,22-23,25H,5,7-8,16-17H2,1-2H3/q4*+1/t;;2*22-,23+,25?/i17D2;;25D;. The second kappa shape index (κ2) is 33.5. The molecule has 0 N–H and O–H groups in total. The lowest BCUT2D eigenvalue weighted by molar-refractivity contribution is -0.660. The summed E-state index contributed by atoms with van der Waals surface area (Å²) in [5.41, 5.74) is 31.0. The third-order valence-corrected chi connectivity index (χ3v) is 31.1. The van der Waals surface area contributed by atoms with Crippen molar-refractivity contribution in [1.29, 1.82) is 0 Å². The molecule has 12 aliphatic rings. The molecule has 0 aliphatic heterocycles. The third kappa shape index (κ3) is 16.6. The maximum atomic E-state index is 9.28. The van der Waals surface area contributed by atoms with Gasteiger partial charge in [0.1, 0.15) is 28.2 Å². The molecule has 12 saturated carbocycles. The van der Waals surface area contributed by atoms with Gasteiger partial charge in [-0.1, -0.05) is 208 Å². The smallest absolute Gasteiger partial charge is 0.201 e. The molecule has 0 spiro atoms. The van der Waals surface area contributed by atoms with Crippen LogP contribution in [-0.2, 0) is 41.0 Å². The van der Waals surface area contributed by atoms with Gasteiger partial charge in [-0.3, -0.25) is 0 Å². The van der Waals surface area contributed by atoms with E-state index in [-0.39, 0.29) is 11.3 Å². The molecule has 4 nitrogen and oxygen atoms in total. The van der Waals surface area contributed by atoms with Crippen molar-refractivity contribution in [3.63, 3.8) is 0 Å². The second-order valence-electron chi connectivity index (χ2n) is 39.4. The van der Waals surface area contributed by atoms with E-state index in [1.54, 1.807) is 11.1 Å². The average Bonchev–Trinajstić information content (AvgIpc) is 0.947. The van der Waals surface area contributed by atoms with Crippen LogP contribution in [0.2, 0.25) is 0 Å². The number of aryl methyl sites for hydroxylation is 8. The summed E-state index contributed by atoms with van der Waals surface area (Å²) in [6.07, 6.45) is 38.5. The molecule has 8 aromatic carbocycles. The summed E-state index contributed by atoms with van der Waals surface area (Å²) in [6, 6.07) is 88.6. The van der Waals surface area contributed by atoms with Crippen LogP contribution >= 0.6 is 0 Å². The van der Waals surface area contributed by atoms with Crippen LogP contribution in [0.3, 0.4) is 0 Å². The number of benzene rings is 8. The number of hydrogen-bond acceptors (Lipinski definition) is 0. The van der Waals surface area contributed by atoms with Gasteiger partial charge in [0, 0.05) is 74.9 Å². The van der Waals surface area contributed by atoms with Gasteiger partial charge in [0.25, 0.3) is 0 Å². The molecule has 0 saturated heterocycles. The van der Waals surface area contributed by atoms with Crippen LogP contribution in [0, 0.1) is 97.7 Å². The Bertz CT molecular complexity index is 5640. The molecule has 4 heterocycles. The van der Waals surface area contributed by atoms with E-state index in [0.717, 1.165) is 108 Å². The van der Waals surface area contributed by atoms with E-state index in [9.17, 15) is 2.74 Å². The van der Waals surface area contributed by atoms with Crippen molar-refractivity contribution in [2.45, 2.75) is 194 Å². The fourth-order valence-electron chi connectivity index (χ4n) is 25.9. The number of fused-ring (bicyclic) bond motifs is 2. The Morgan fingerprint density at radius 3 is 0.898 bits per heavy atom. The Morgan fingerprint density at radius 2 is 0.576 bits per heavy atom. The molecular weight excluding hydrogens is 1430 g/mol. The molecule has 6 atom stereocenters. The summed E-state index contributed by atoms with van der Waals surface area (Å²) in [5, 5.41) is 0. The number of pyridine rings is 4. The zero-order valence-corrected chi connectivity index (χ0v) is 71.8. The Labute approximate surface area is 711 Å². The first kappa shape index (κ1) is 74.6. The molecule has 12 aliphatic carbocycles. The lowest BCUT2D eigenvalue weighted by Gasteiger charge is -2.57. The Balaban J connectivity index is 0.000000107. The van der Waals surface area contributed by atoms with Crippen molar-refractivity contribution in [2.75, 3.05) is 0 Å². The summed E-state index contributed by atoms with van der Waals surface area (Å²) < 4.78 is 36.5. The zero-order chi connectivity index (χ0) is 82.9. The molecule has 0 radical (unpaired) electrons. The molecule has 12 aromatic rings. The van der Waals surface area contributed by atoms with Crippen LogP contribution in [0.1, 0.15) is 202 Å². The highest BCUT2D eigenvalue weighted by atomic mass is 14.9. The Hall–Kier alpha value is -9.64. The van der Waals surface area contributed by atoms with E-state index in [1.165, 1.54) is 227 Å². The molecule has 12 fully saturated rings. The minimum atomic E-state index is -1.25. The van der Waals surface area contributed by atoms with E-state index in [1.807, 2.05) is 0 Å². The van der Waals surface area contributed by atoms with Gasteiger partial charge in [0.2, 0.25) is 22.8 Å². The predicted octanol–water partition coefficient (Wildman–Crippen LogP) is 26.7. The summed E-state index contributed by atoms with van der Waals surface area (Å²) in [5.74, 6) is 9.41. The van der Waals surface area contributed by atoms with Crippen molar-refractivity contribution in [3.8, 4) is 89.5 Å². The second-order valence-corrected chi connectivity index (χ2v) is 39.4. The van der Waals surface area contributed by atoms with E-state index in [4.69, 9.17) is 1.37 Å². The molecule has 4 aromatic heterocycles. The zero-order valence-electron chi connectivity index (χ0n) is 74.8. The van der Waals surface area contributed by atoms with Crippen LogP contribution in [0.25, 0.3) is 89.5 Å². The van der Waals surface area contributed by atoms with Gasteiger partial charge in [0.15, 0.2) is 24.8 Å². The first-order chi connectivity index (χ1) is 58.6. The normalized spacial score (nSPS) is 27.5. The molecule has 4 heteroatoms.